The number of aliphatic hydroxyl groups excluding tert-OH is 1. The van der Waals surface area contributed by atoms with E-state index in [9.17, 15) is 28.2 Å². The highest BCUT2D eigenvalue weighted by atomic mass is 32.2. The molecule has 0 fully saturated rings. The molecule has 0 radical (unpaired) electrons. The van der Waals surface area contributed by atoms with Crippen molar-refractivity contribution in [1.82, 2.24) is 9.62 Å². The smallest absolute Gasteiger partial charge is 0.404 e. The molecule has 0 unspecified atom stereocenters. The maximum Gasteiger partial charge on any atom is 0.404 e. The third-order valence-corrected chi connectivity index (χ3v) is 6.53. The van der Waals surface area contributed by atoms with Crippen LogP contribution in [0.15, 0.2) is 59.5 Å². The molecule has 0 bridgehead atoms. The van der Waals surface area contributed by atoms with Crippen LogP contribution < -0.4 is 5.32 Å². The van der Waals surface area contributed by atoms with Gasteiger partial charge >= 0.3 is 6.09 Å². The number of benzene rings is 2. The maximum absolute atomic E-state index is 13.2. The Hall–Kier alpha value is -2.75. The van der Waals surface area contributed by atoms with E-state index in [1.807, 2.05) is 19.9 Å². The molecule has 2 atom stereocenters. The zero-order chi connectivity index (χ0) is 23.0. The average Bonchev–Trinajstić information content (AvgIpc) is 2.73. The van der Waals surface area contributed by atoms with Crippen LogP contribution in [0.5, 0.6) is 0 Å². The van der Waals surface area contributed by atoms with Crippen LogP contribution in [0, 0.1) is 5.92 Å². The van der Waals surface area contributed by atoms with Crippen LogP contribution in [0.3, 0.4) is 0 Å². The van der Waals surface area contributed by atoms with Crippen LogP contribution in [0.25, 0.3) is 0 Å². The summed E-state index contributed by atoms with van der Waals surface area (Å²) < 4.78 is 27.5. The lowest BCUT2D eigenvalue weighted by molar-refractivity contribution is 0.0980. The molecule has 0 aliphatic rings. The Bertz CT molecular complexity index is 961. The van der Waals surface area contributed by atoms with E-state index < -0.39 is 28.3 Å². The Balaban J connectivity index is 2.28. The van der Waals surface area contributed by atoms with Gasteiger partial charge in [0.25, 0.3) is 0 Å². The molecule has 0 aromatic heterocycles. The van der Waals surface area contributed by atoms with Gasteiger partial charge in [0.15, 0.2) is 0 Å². The van der Waals surface area contributed by atoms with Gasteiger partial charge in [-0.2, -0.15) is 4.31 Å². The fraction of sp³-hybridized carbons (Fsp3) is 0.364. The van der Waals surface area contributed by atoms with Crippen LogP contribution in [0.1, 0.15) is 29.8 Å². The number of hydrogen-bond donors (Lipinski definition) is 3. The van der Waals surface area contributed by atoms with Gasteiger partial charge in [-0.25, -0.2) is 13.2 Å². The highest BCUT2D eigenvalue weighted by molar-refractivity contribution is 7.89. The van der Waals surface area contributed by atoms with E-state index in [-0.39, 0.29) is 30.3 Å². The first-order valence-corrected chi connectivity index (χ1v) is 11.3. The first kappa shape index (κ1) is 24.5. The van der Waals surface area contributed by atoms with E-state index in [0.717, 1.165) is 9.87 Å². The second-order valence-corrected chi connectivity index (χ2v) is 9.65. The van der Waals surface area contributed by atoms with Gasteiger partial charge < -0.3 is 15.5 Å². The van der Waals surface area contributed by atoms with Crippen molar-refractivity contribution in [3.05, 3.63) is 65.7 Å². The third-order valence-electron chi connectivity index (χ3n) is 4.69. The summed E-state index contributed by atoms with van der Waals surface area (Å²) >= 11 is 0. The number of amides is 1. The molecule has 168 valence electrons. The number of carboxylic acid groups (broad SMARTS) is 1. The Kier molecular flexibility index (Phi) is 8.73. The Labute approximate surface area is 182 Å². The largest absolute Gasteiger partial charge is 0.465 e. The van der Waals surface area contributed by atoms with Crippen LogP contribution in [-0.4, -0.2) is 60.6 Å². The standard InChI is InChI=1S/C22H28N2O6S/c1-16(2)13-24(31(29,30)19-10-8-18(15-25)9-11-19)14-21(26)20(23-22(27)28)12-17-6-4-3-5-7-17/h3-11,15-16,20-21,23,26H,12-14H2,1-2H3,(H,27,28)/t20-,21-/m0/s1. The molecule has 0 aliphatic heterocycles. The predicted molar refractivity (Wildman–Crippen MR) is 117 cm³/mol. The minimum Gasteiger partial charge on any atom is -0.465 e. The lowest BCUT2D eigenvalue weighted by Gasteiger charge is -2.30. The number of aldehydes is 1. The Morgan fingerprint density at radius 1 is 1.06 bits per heavy atom. The molecule has 0 saturated heterocycles. The second kappa shape index (κ2) is 11.0. The summed E-state index contributed by atoms with van der Waals surface area (Å²) in [4.78, 5) is 22.1. The summed E-state index contributed by atoms with van der Waals surface area (Å²) in [6.45, 7) is 3.55. The van der Waals surface area contributed by atoms with E-state index in [4.69, 9.17) is 0 Å². The van der Waals surface area contributed by atoms with Gasteiger partial charge in [-0.05, 0) is 30.0 Å². The number of carbonyl (C=O) groups is 2. The van der Waals surface area contributed by atoms with Crippen molar-refractivity contribution < 1.29 is 28.2 Å². The monoisotopic (exact) mass is 448 g/mol. The maximum atomic E-state index is 13.2. The molecule has 31 heavy (non-hydrogen) atoms. The van der Waals surface area contributed by atoms with Crippen molar-refractivity contribution in [3.63, 3.8) is 0 Å². The van der Waals surface area contributed by atoms with Gasteiger partial charge in [0, 0.05) is 18.7 Å². The van der Waals surface area contributed by atoms with Gasteiger partial charge in [0.1, 0.15) is 6.29 Å². The molecular weight excluding hydrogens is 420 g/mol. The molecule has 9 heteroatoms. The van der Waals surface area contributed by atoms with Gasteiger partial charge in [-0.1, -0.05) is 56.3 Å². The topological polar surface area (TPSA) is 124 Å². The molecule has 8 nitrogen and oxygen atoms in total. The zero-order valence-corrected chi connectivity index (χ0v) is 18.3. The first-order chi connectivity index (χ1) is 14.6. The molecule has 2 rings (SSSR count). The van der Waals surface area contributed by atoms with Crippen molar-refractivity contribution in [2.24, 2.45) is 5.92 Å². The normalized spacial score (nSPS) is 13.7. The summed E-state index contributed by atoms with van der Waals surface area (Å²) in [5.74, 6) is -0.0313. The number of aliphatic hydroxyl groups is 1. The van der Waals surface area contributed by atoms with E-state index in [1.54, 1.807) is 24.3 Å². The molecule has 3 N–H and O–H groups in total. The van der Waals surface area contributed by atoms with E-state index >= 15 is 0 Å². The number of nitrogens with zero attached hydrogens (tertiary/aromatic N) is 1. The predicted octanol–water partition coefficient (Wildman–Crippen LogP) is 2.39. The van der Waals surface area contributed by atoms with Gasteiger partial charge in [-0.3, -0.25) is 4.79 Å². The van der Waals surface area contributed by atoms with Crippen molar-refractivity contribution in [1.29, 1.82) is 0 Å². The average molecular weight is 449 g/mol. The van der Waals surface area contributed by atoms with Gasteiger partial charge in [0.05, 0.1) is 17.0 Å². The molecule has 0 heterocycles. The highest BCUT2D eigenvalue weighted by Gasteiger charge is 2.31. The van der Waals surface area contributed by atoms with E-state index in [1.165, 1.54) is 24.3 Å². The molecule has 2 aromatic rings. The quantitative estimate of drug-likeness (QED) is 0.454. The van der Waals surface area contributed by atoms with Gasteiger partial charge in [-0.15, -0.1) is 0 Å². The molecule has 2 aromatic carbocycles. The van der Waals surface area contributed by atoms with E-state index in [0.29, 0.717) is 11.8 Å². The highest BCUT2D eigenvalue weighted by Crippen LogP contribution is 2.19. The Morgan fingerprint density at radius 2 is 1.68 bits per heavy atom. The van der Waals surface area contributed by atoms with Crippen LogP contribution in [0.4, 0.5) is 4.79 Å². The minimum atomic E-state index is -3.97. The molecule has 0 spiro atoms. The summed E-state index contributed by atoms with van der Waals surface area (Å²) in [5.41, 5.74) is 1.16. The fourth-order valence-electron chi connectivity index (χ4n) is 3.19. The summed E-state index contributed by atoms with van der Waals surface area (Å²) in [5, 5.41) is 22.3. The lowest BCUT2D eigenvalue weighted by Crippen LogP contribution is -2.50. The fourth-order valence-corrected chi connectivity index (χ4v) is 4.81. The molecular formula is C22H28N2O6S. The Morgan fingerprint density at radius 3 is 2.19 bits per heavy atom. The second-order valence-electron chi connectivity index (χ2n) is 7.72. The molecule has 0 aliphatic carbocycles. The number of rotatable bonds is 11. The van der Waals surface area contributed by atoms with Crippen molar-refractivity contribution >= 4 is 22.4 Å². The summed E-state index contributed by atoms with van der Waals surface area (Å²) in [6, 6.07) is 13.7. The SMILES string of the molecule is CC(C)CN(C[C@H](O)[C@H](Cc1ccccc1)NC(=O)O)S(=O)(=O)c1ccc(C=O)cc1. The van der Waals surface area contributed by atoms with Crippen LogP contribution in [-0.2, 0) is 16.4 Å². The van der Waals surface area contributed by atoms with Crippen molar-refractivity contribution in [2.75, 3.05) is 13.1 Å². The number of nitrogens with one attached hydrogen (secondary N) is 1. The lowest BCUT2D eigenvalue weighted by atomic mass is 10.0. The number of carbonyl (C=O) groups excluding carboxylic acids is 1. The molecule has 0 saturated carbocycles. The van der Waals surface area contributed by atoms with Crippen molar-refractivity contribution in [3.8, 4) is 0 Å². The van der Waals surface area contributed by atoms with Gasteiger partial charge in [0.2, 0.25) is 10.0 Å². The zero-order valence-electron chi connectivity index (χ0n) is 17.5. The summed E-state index contributed by atoms with van der Waals surface area (Å²) in [7, 11) is -3.97. The summed E-state index contributed by atoms with van der Waals surface area (Å²) in [6.07, 6.45) is -1.75. The van der Waals surface area contributed by atoms with Crippen LogP contribution >= 0.6 is 0 Å². The first-order valence-electron chi connectivity index (χ1n) is 9.90. The molecule has 1 amide bonds. The van der Waals surface area contributed by atoms with Crippen LogP contribution in [0.2, 0.25) is 0 Å². The van der Waals surface area contributed by atoms with Crippen molar-refractivity contribution in [2.45, 2.75) is 37.3 Å². The third kappa shape index (κ3) is 7.16. The number of hydrogen-bond acceptors (Lipinski definition) is 5. The number of sulfonamides is 1. The minimum absolute atomic E-state index is 0.00301. The van der Waals surface area contributed by atoms with E-state index in [2.05, 4.69) is 5.32 Å².